The van der Waals surface area contributed by atoms with Crippen molar-refractivity contribution >= 4 is 35.0 Å². The second-order valence-corrected chi connectivity index (χ2v) is 5.94. The van der Waals surface area contributed by atoms with Gasteiger partial charge in [0.25, 0.3) is 0 Å². The van der Waals surface area contributed by atoms with Crippen molar-refractivity contribution in [2.75, 3.05) is 10.6 Å². The maximum absolute atomic E-state index is 12.4. The normalized spacial score (nSPS) is 11.8. The fourth-order valence-corrected chi connectivity index (χ4v) is 2.21. The fraction of sp³-hybridized carbons (Fsp3) is 0.333. The fourth-order valence-electron chi connectivity index (χ4n) is 2.04. The van der Waals surface area contributed by atoms with Gasteiger partial charge in [0.2, 0.25) is 5.91 Å². The number of aromatic amines is 1. The van der Waals surface area contributed by atoms with Crippen molar-refractivity contribution in [1.82, 2.24) is 20.5 Å². The standard InChI is InChI=1S/C15H19ClN6O2/c1-9(2)8-11(14(23)21-12-5-7-18-22-12)20-15(24)19-10-4-3-6-17-13(10)16/h3-7,9,11H,8H2,1-2H3,(H2,19,20,24)(H2,18,21,22,23)/t11-/m1/s1. The van der Waals surface area contributed by atoms with Crippen LogP contribution in [-0.2, 0) is 4.79 Å². The summed E-state index contributed by atoms with van der Waals surface area (Å²) in [6.45, 7) is 3.93. The number of anilines is 2. The summed E-state index contributed by atoms with van der Waals surface area (Å²) in [5, 5.41) is 14.5. The van der Waals surface area contributed by atoms with Crippen molar-refractivity contribution in [2.45, 2.75) is 26.3 Å². The minimum absolute atomic E-state index is 0.176. The number of hydrogen-bond acceptors (Lipinski definition) is 4. The Morgan fingerprint density at radius 1 is 1.25 bits per heavy atom. The number of amides is 3. The van der Waals surface area contributed by atoms with Crippen molar-refractivity contribution < 1.29 is 9.59 Å². The van der Waals surface area contributed by atoms with E-state index in [1.54, 1.807) is 18.2 Å². The van der Waals surface area contributed by atoms with Crippen LogP contribution < -0.4 is 16.0 Å². The van der Waals surface area contributed by atoms with Crippen molar-refractivity contribution in [1.29, 1.82) is 0 Å². The molecule has 0 radical (unpaired) electrons. The molecule has 0 unspecified atom stereocenters. The number of aromatic nitrogens is 3. The molecule has 1 atom stereocenters. The highest BCUT2D eigenvalue weighted by molar-refractivity contribution is 6.32. The number of urea groups is 1. The molecule has 3 amide bonds. The molecule has 0 aliphatic heterocycles. The average molecular weight is 351 g/mol. The Morgan fingerprint density at radius 3 is 2.67 bits per heavy atom. The molecule has 0 spiro atoms. The highest BCUT2D eigenvalue weighted by atomic mass is 35.5. The van der Waals surface area contributed by atoms with Gasteiger partial charge in [-0.15, -0.1) is 0 Å². The number of nitrogens with one attached hydrogen (secondary N) is 4. The van der Waals surface area contributed by atoms with E-state index in [4.69, 9.17) is 11.6 Å². The molecular formula is C15H19ClN6O2. The average Bonchev–Trinajstić information content (AvgIpc) is 3.01. The Balaban J connectivity index is 2.00. The number of rotatable bonds is 6. The largest absolute Gasteiger partial charge is 0.326 e. The van der Waals surface area contributed by atoms with Gasteiger partial charge in [-0.3, -0.25) is 9.89 Å². The van der Waals surface area contributed by atoms with Gasteiger partial charge in [-0.05, 0) is 24.5 Å². The molecule has 0 fully saturated rings. The summed E-state index contributed by atoms with van der Waals surface area (Å²) in [7, 11) is 0. The lowest BCUT2D eigenvalue weighted by atomic mass is 10.0. The van der Waals surface area contributed by atoms with Crippen molar-refractivity contribution in [3.8, 4) is 0 Å². The van der Waals surface area contributed by atoms with Crippen LogP contribution in [0, 0.1) is 5.92 Å². The highest BCUT2D eigenvalue weighted by Crippen LogP contribution is 2.17. The van der Waals surface area contributed by atoms with Crippen LogP contribution in [0.2, 0.25) is 5.15 Å². The van der Waals surface area contributed by atoms with Crippen LogP contribution in [0.25, 0.3) is 0 Å². The van der Waals surface area contributed by atoms with Gasteiger partial charge < -0.3 is 16.0 Å². The predicted molar refractivity (Wildman–Crippen MR) is 91.9 cm³/mol. The van der Waals surface area contributed by atoms with Gasteiger partial charge in [0, 0.05) is 12.3 Å². The van der Waals surface area contributed by atoms with Gasteiger partial charge in [-0.2, -0.15) is 5.10 Å². The Kier molecular flexibility index (Phi) is 6.14. The van der Waals surface area contributed by atoms with Crippen LogP contribution in [0.15, 0.2) is 30.6 Å². The maximum atomic E-state index is 12.4. The number of nitrogens with zero attached hydrogens (tertiary/aromatic N) is 2. The van der Waals surface area contributed by atoms with Crippen LogP contribution in [0.5, 0.6) is 0 Å². The molecular weight excluding hydrogens is 332 g/mol. The molecule has 128 valence electrons. The summed E-state index contributed by atoms with van der Waals surface area (Å²) in [4.78, 5) is 28.4. The molecule has 0 aliphatic carbocycles. The molecule has 0 aromatic carbocycles. The Bertz CT molecular complexity index is 689. The number of H-pyrrole nitrogens is 1. The van der Waals surface area contributed by atoms with Gasteiger partial charge >= 0.3 is 6.03 Å². The van der Waals surface area contributed by atoms with Crippen molar-refractivity contribution in [3.05, 3.63) is 35.7 Å². The van der Waals surface area contributed by atoms with E-state index >= 15 is 0 Å². The Labute approximate surface area is 144 Å². The van der Waals surface area contributed by atoms with E-state index in [1.165, 1.54) is 12.4 Å². The molecule has 8 nitrogen and oxygen atoms in total. The van der Waals surface area contributed by atoms with Crippen LogP contribution in [0.4, 0.5) is 16.3 Å². The van der Waals surface area contributed by atoms with Crippen LogP contribution >= 0.6 is 11.6 Å². The van der Waals surface area contributed by atoms with Crippen LogP contribution in [-0.4, -0.2) is 33.2 Å². The third-order valence-corrected chi connectivity index (χ3v) is 3.40. The quantitative estimate of drug-likeness (QED) is 0.600. The molecule has 24 heavy (non-hydrogen) atoms. The molecule has 2 heterocycles. The maximum Gasteiger partial charge on any atom is 0.319 e. The molecule has 2 aromatic heterocycles. The van der Waals surface area contributed by atoms with E-state index < -0.39 is 12.1 Å². The Hall–Kier alpha value is -2.61. The predicted octanol–water partition coefficient (Wildman–Crippen LogP) is 2.63. The lowest BCUT2D eigenvalue weighted by Gasteiger charge is -2.20. The molecule has 0 aliphatic rings. The second kappa shape index (κ2) is 8.30. The third kappa shape index (κ3) is 5.24. The summed E-state index contributed by atoms with van der Waals surface area (Å²) < 4.78 is 0. The first kappa shape index (κ1) is 17.7. The summed E-state index contributed by atoms with van der Waals surface area (Å²) in [6, 6.07) is 3.66. The van der Waals surface area contributed by atoms with Crippen LogP contribution in [0.3, 0.4) is 0 Å². The number of pyridine rings is 1. The lowest BCUT2D eigenvalue weighted by Crippen LogP contribution is -2.46. The first-order chi connectivity index (χ1) is 11.5. The van der Waals surface area contributed by atoms with Gasteiger partial charge in [-0.25, -0.2) is 9.78 Å². The monoisotopic (exact) mass is 350 g/mol. The Morgan fingerprint density at radius 2 is 2.04 bits per heavy atom. The second-order valence-electron chi connectivity index (χ2n) is 5.58. The van der Waals surface area contributed by atoms with Crippen molar-refractivity contribution in [3.63, 3.8) is 0 Å². The summed E-state index contributed by atoms with van der Waals surface area (Å²) in [5.74, 6) is 0.344. The summed E-state index contributed by atoms with van der Waals surface area (Å²) in [6.07, 6.45) is 3.52. The van der Waals surface area contributed by atoms with Gasteiger partial charge in [0.1, 0.15) is 11.9 Å². The number of carbonyl (C=O) groups excluding carboxylic acids is 2. The molecule has 0 bridgehead atoms. The SMILES string of the molecule is CC(C)C[C@@H](NC(=O)Nc1cccnc1Cl)C(=O)Nc1ccn[nH]1. The van der Waals surface area contributed by atoms with E-state index in [1.807, 2.05) is 13.8 Å². The van der Waals surface area contributed by atoms with E-state index in [2.05, 4.69) is 31.1 Å². The number of carbonyl (C=O) groups is 2. The van der Waals surface area contributed by atoms with Gasteiger partial charge in [-0.1, -0.05) is 25.4 Å². The van der Waals surface area contributed by atoms with E-state index in [0.29, 0.717) is 17.9 Å². The zero-order valence-electron chi connectivity index (χ0n) is 13.3. The molecule has 0 saturated heterocycles. The molecule has 9 heteroatoms. The first-order valence-electron chi connectivity index (χ1n) is 7.44. The van der Waals surface area contributed by atoms with E-state index in [0.717, 1.165) is 0 Å². The number of hydrogen-bond donors (Lipinski definition) is 4. The molecule has 2 aromatic rings. The lowest BCUT2D eigenvalue weighted by molar-refractivity contribution is -0.118. The third-order valence-electron chi connectivity index (χ3n) is 3.09. The summed E-state index contributed by atoms with van der Waals surface area (Å²) in [5.41, 5.74) is 0.369. The molecule has 4 N–H and O–H groups in total. The highest BCUT2D eigenvalue weighted by Gasteiger charge is 2.22. The van der Waals surface area contributed by atoms with Crippen LogP contribution in [0.1, 0.15) is 20.3 Å². The smallest absolute Gasteiger partial charge is 0.319 e. The van der Waals surface area contributed by atoms with E-state index in [9.17, 15) is 9.59 Å². The molecule has 0 saturated carbocycles. The topological polar surface area (TPSA) is 112 Å². The van der Waals surface area contributed by atoms with Gasteiger partial charge in [0.05, 0.1) is 11.9 Å². The van der Waals surface area contributed by atoms with E-state index in [-0.39, 0.29) is 17.0 Å². The summed E-state index contributed by atoms with van der Waals surface area (Å²) >= 11 is 5.90. The van der Waals surface area contributed by atoms with Gasteiger partial charge in [0.15, 0.2) is 5.15 Å². The minimum Gasteiger partial charge on any atom is -0.326 e. The molecule has 2 rings (SSSR count). The zero-order chi connectivity index (χ0) is 17.5. The number of halogens is 1. The zero-order valence-corrected chi connectivity index (χ0v) is 14.1. The first-order valence-corrected chi connectivity index (χ1v) is 7.81. The van der Waals surface area contributed by atoms with Crippen molar-refractivity contribution in [2.24, 2.45) is 5.92 Å². The minimum atomic E-state index is -0.705.